The molecule has 8 nitrogen and oxygen atoms in total. The molecule has 0 atom stereocenters. The van der Waals surface area contributed by atoms with E-state index < -0.39 is 0 Å². The van der Waals surface area contributed by atoms with Crippen molar-refractivity contribution < 1.29 is 5.11 Å². The van der Waals surface area contributed by atoms with Crippen molar-refractivity contribution in [1.29, 1.82) is 0 Å². The molecule has 112 valence electrons. The van der Waals surface area contributed by atoms with E-state index in [1.165, 1.54) is 6.33 Å². The van der Waals surface area contributed by atoms with Crippen molar-refractivity contribution in [3.63, 3.8) is 0 Å². The Hall–Kier alpha value is -2.87. The molecule has 3 aromatic rings. The fraction of sp³-hybridized carbons (Fsp3) is 0.214. The van der Waals surface area contributed by atoms with Crippen LogP contribution in [0.4, 0.5) is 11.5 Å². The van der Waals surface area contributed by atoms with Gasteiger partial charge in [0.15, 0.2) is 5.65 Å². The van der Waals surface area contributed by atoms with E-state index in [-0.39, 0.29) is 6.61 Å². The van der Waals surface area contributed by atoms with Crippen molar-refractivity contribution >= 4 is 22.5 Å². The number of rotatable bonds is 5. The first-order chi connectivity index (χ1) is 10.7. The first-order valence-electron chi connectivity index (χ1n) is 6.76. The number of fused-ring (bicyclic) bond motifs is 1. The van der Waals surface area contributed by atoms with Crippen molar-refractivity contribution in [1.82, 2.24) is 19.7 Å². The Kier molecular flexibility index (Phi) is 3.75. The second kappa shape index (κ2) is 5.86. The summed E-state index contributed by atoms with van der Waals surface area (Å²) in [6, 6.07) is 6.73. The van der Waals surface area contributed by atoms with Crippen molar-refractivity contribution in [3.8, 4) is 11.3 Å². The largest absolute Gasteiger partial charge is 0.396 e. The van der Waals surface area contributed by atoms with Gasteiger partial charge in [-0.1, -0.05) is 12.1 Å². The topological polar surface area (TPSA) is 119 Å². The minimum atomic E-state index is 0.0664. The van der Waals surface area contributed by atoms with Gasteiger partial charge in [0, 0.05) is 18.7 Å². The van der Waals surface area contributed by atoms with Gasteiger partial charge in [-0.2, -0.15) is 5.10 Å². The number of aromatic nitrogens is 4. The maximum Gasteiger partial charge on any atom is 0.163 e. The lowest BCUT2D eigenvalue weighted by atomic mass is 10.1. The Balaban J connectivity index is 2.17. The zero-order chi connectivity index (χ0) is 15.5. The predicted molar refractivity (Wildman–Crippen MR) is 82.3 cm³/mol. The van der Waals surface area contributed by atoms with Crippen LogP contribution in [0.15, 0.2) is 35.8 Å². The van der Waals surface area contributed by atoms with Gasteiger partial charge in [-0.3, -0.25) is 0 Å². The molecule has 3 rings (SSSR count). The van der Waals surface area contributed by atoms with Crippen molar-refractivity contribution in [3.05, 3.63) is 35.5 Å². The van der Waals surface area contributed by atoms with Crippen LogP contribution in [0.5, 0.6) is 0 Å². The minimum Gasteiger partial charge on any atom is -0.396 e. The summed E-state index contributed by atoms with van der Waals surface area (Å²) in [5, 5.41) is 17.1. The maximum atomic E-state index is 10.5. The Morgan fingerprint density at radius 2 is 2.00 bits per heavy atom. The highest BCUT2D eigenvalue weighted by molar-refractivity contribution is 5.98. The third kappa shape index (κ3) is 2.40. The molecule has 0 aliphatic heterocycles. The van der Waals surface area contributed by atoms with Gasteiger partial charge in [-0.05, 0) is 23.7 Å². The summed E-state index contributed by atoms with van der Waals surface area (Å²) in [4.78, 5) is 18.8. The Morgan fingerprint density at radius 3 is 2.68 bits per heavy atom. The first kappa shape index (κ1) is 14.1. The summed E-state index contributed by atoms with van der Waals surface area (Å²) in [6.07, 6.45) is 1.95. The van der Waals surface area contributed by atoms with E-state index in [0.717, 1.165) is 5.56 Å². The summed E-state index contributed by atoms with van der Waals surface area (Å²) < 4.78 is 1.70. The van der Waals surface area contributed by atoms with Gasteiger partial charge < -0.3 is 10.8 Å². The number of nitroso groups, excluding NO2 is 1. The van der Waals surface area contributed by atoms with E-state index in [1.54, 1.807) is 28.9 Å². The molecular weight excluding hydrogens is 284 g/mol. The van der Waals surface area contributed by atoms with Gasteiger partial charge >= 0.3 is 0 Å². The number of hydrogen-bond acceptors (Lipinski definition) is 7. The van der Waals surface area contributed by atoms with Gasteiger partial charge in [0.1, 0.15) is 23.5 Å². The molecule has 22 heavy (non-hydrogen) atoms. The SMILES string of the molecule is Nc1ncnc2c1c(-c1ccc(N=O)cc1)nn2CCCO. The van der Waals surface area contributed by atoms with Gasteiger partial charge in [0.05, 0.1) is 5.39 Å². The van der Waals surface area contributed by atoms with Crippen LogP contribution in [0.3, 0.4) is 0 Å². The van der Waals surface area contributed by atoms with E-state index in [4.69, 9.17) is 10.8 Å². The Morgan fingerprint density at radius 1 is 1.23 bits per heavy atom. The molecule has 1 aromatic carbocycles. The second-order valence-electron chi connectivity index (χ2n) is 4.74. The molecule has 0 radical (unpaired) electrons. The van der Waals surface area contributed by atoms with Gasteiger partial charge in [0.25, 0.3) is 0 Å². The van der Waals surface area contributed by atoms with Crippen molar-refractivity contribution in [2.24, 2.45) is 5.18 Å². The summed E-state index contributed by atoms with van der Waals surface area (Å²) in [5.41, 5.74) is 8.37. The number of hydrogen-bond donors (Lipinski definition) is 2. The molecule has 0 spiro atoms. The van der Waals surface area contributed by atoms with Crippen LogP contribution in [-0.2, 0) is 6.54 Å². The summed E-state index contributed by atoms with van der Waals surface area (Å²) >= 11 is 0. The molecule has 0 saturated heterocycles. The van der Waals surface area contributed by atoms with Crippen LogP contribution in [0.1, 0.15) is 6.42 Å². The monoisotopic (exact) mass is 298 g/mol. The molecule has 0 amide bonds. The van der Waals surface area contributed by atoms with E-state index >= 15 is 0 Å². The maximum absolute atomic E-state index is 10.5. The molecule has 0 saturated carbocycles. The number of aryl methyl sites for hydroxylation is 1. The van der Waals surface area contributed by atoms with Crippen LogP contribution in [0.25, 0.3) is 22.3 Å². The predicted octanol–water partition coefficient (Wildman–Crippen LogP) is 1.86. The number of nitrogens with two attached hydrogens (primary N) is 1. The molecular formula is C14H14N6O2. The fourth-order valence-electron chi connectivity index (χ4n) is 2.29. The van der Waals surface area contributed by atoms with Crippen LogP contribution in [0, 0.1) is 4.91 Å². The quantitative estimate of drug-likeness (QED) is 0.694. The van der Waals surface area contributed by atoms with Crippen LogP contribution in [0.2, 0.25) is 0 Å². The highest BCUT2D eigenvalue weighted by Gasteiger charge is 2.16. The molecule has 0 unspecified atom stereocenters. The zero-order valence-corrected chi connectivity index (χ0v) is 11.7. The molecule has 0 aliphatic carbocycles. The van der Waals surface area contributed by atoms with Gasteiger partial charge in [-0.25, -0.2) is 14.6 Å². The second-order valence-corrected chi connectivity index (χ2v) is 4.74. The van der Waals surface area contributed by atoms with E-state index in [2.05, 4.69) is 20.2 Å². The Labute approximate surface area is 125 Å². The standard InChI is InChI=1S/C14H14N6O2/c15-13-11-12(9-2-4-10(19-22)5-3-9)18-20(6-1-7-21)14(11)17-8-16-13/h2-5,8,21H,1,6-7H2,(H2,15,16,17). The minimum absolute atomic E-state index is 0.0664. The fourth-order valence-corrected chi connectivity index (χ4v) is 2.29. The van der Waals surface area contributed by atoms with E-state index in [0.29, 0.717) is 41.2 Å². The van der Waals surface area contributed by atoms with Crippen LogP contribution >= 0.6 is 0 Å². The first-order valence-corrected chi connectivity index (χ1v) is 6.76. The third-order valence-corrected chi connectivity index (χ3v) is 3.33. The number of aliphatic hydroxyl groups is 1. The molecule has 2 heterocycles. The zero-order valence-electron chi connectivity index (χ0n) is 11.7. The third-order valence-electron chi connectivity index (χ3n) is 3.33. The van der Waals surface area contributed by atoms with Crippen molar-refractivity contribution in [2.45, 2.75) is 13.0 Å². The highest BCUT2D eigenvalue weighted by Crippen LogP contribution is 2.31. The number of nitrogens with zero attached hydrogens (tertiary/aromatic N) is 5. The molecule has 0 aliphatic rings. The van der Waals surface area contributed by atoms with Gasteiger partial charge in [-0.15, -0.1) is 4.91 Å². The molecule has 0 fully saturated rings. The average Bonchev–Trinajstić information content (AvgIpc) is 2.93. The van der Waals surface area contributed by atoms with Crippen molar-refractivity contribution in [2.75, 3.05) is 12.3 Å². The smallest absolute Gasteiger partial charge is 0.163 e. The lowest BCUT2D eigenvalue weighted by Gasteiger charge is -2.00. The van der Waals surface area contributed by atoms with Gasteiger partial charge in [0.2, 0.25) is 0 Å². The Bertz CT molecular complexity index is 812. The highest BCUT2D eigenvalue weighted by atomic mass is 16.3. The molecule has 2 aromatic heterocycles. The molecule has 8 heteroatoms. The molecule has 0 bridgehead atoms. The number of aliphatic hydroxyl groups excluding tert-OH is 1. The van der Waals surface area contributed by atoms with Crippen LogP contribution < -0.4 is 5.73 Å². The average molecular weight is 298 g/mol. The molecule has 3 N–H and O–H groups in total. The lowest BCUT2D eigenvalue weighted by Crippen LogP contribution is -2.03. The van der Waals surface area contributed by atoms with Crippen LogP contribution in [-0.4, -0.2) is 31.5 Å². The lowest BCUT2D eigenvalue weighted by molar-refractivity contribution is 0.278. The summed E-state index contributed by atoms with van der Waals surface area (Å²) in [6.45, 7) is 0.592. The summed E-state index contributed by atoms with van der Waals surface area (Å²) in [5.74, 6) is 0.341. The number of benzene rings is 1. The normalized spacial score (nSPS) is 11.0. The summed E-state index contributed by atoms with van der Waals surface area (Å²) in [7, 11) is 0. The van der Waals surface area contributed by atoms with E-state index in [1.807, 2.05) is 0 Å². The number of nitrogen functional groups attached to an aromatic ring is 1. The van der Waals surface area contributed by atoms with E-state index in [9.17, 15) is 4.91 Å². The number of anilines is 1.